The summed E-state index contributed by atoms with van der Waals surface area (Å²) in [6.45, 7) is 9.12. The molecule has 0 aromatic heterocycles. The Kier molecular flexibility index (Phi) is 11.7. The predicted molar refractivity (Wildman–Crippen MR) is 173 cm³/mol. The van der Waals surface area contributed by atoms with E-state index in [4.69, 9.17) is 18.9 Å². The van der Waals surface area contributed by atoms with Crippen molar-refractivity contribution in [2.45, 2.75) is 59.3 Å². The maximum absolute atomic E-state index is 14.8. The van der Waals surface area contributed by atoms with Crippen molar-refractivity contribution in [1.82, 2.24) is 0 Å². The first-order chi connectivity index (χ1) is 19.6. The molecule has 0 saturated carbocycles. The van der Waals surface area contributed by atoms with Gasteiger partial charge in [-0.05, 0) is 0 Å². The second-order valence-electron chi connectivity index (χ2n) is 12.4. The minimum absolute atomic E-state index is 0.150. The zero-order valence-corrected chi connectivity index (χ0v) is 27.2. The number of aryl methyl sites for hydroxylation is 1. The zero-order valence-electron chi connectivity index (χ0n) is 26.2. The van der Waals surface area contributed by atoms with Crippen LogP contribution in [0, 0.1) is 11.3 Å². The molecule has 0 spiro atoms. The number of carbonyl (C=O) groups is 1. The molecule has 3 aromatic rings. The summed E-state index contributed by atoms with van der Waals surface area (Å²) in [4.78, 5) is 14.8. The Labute approximate surface area is 247 Å². The van der Waals surface area contributed by atoms with E-state index in [0.29, 0.717) is 36.6 Å². The molecular weight excluding hydrogens is 531 g/mol. The molecule has 0 aliphatic carbocycles. The monoisotopic (exact) mass is 580 g/mol. The van der Waals surface area contributed by atoms with Crippen molar-refractivity contribution in [2.75, 3.05) is 34.6 Å². The van der Waals surface area contributed by atoms with E-state index >= 15 is 0 Å². The van der Waals surface area contributed by atoms with Crippen molar-refractivity contribution >= 4 is 12.8 Å². The molecule has 0 fully saturated rings. The zero-order chi connectivity index (χ0) is 30.0. The van der Waals surface area contributed by atoms with E-state index in [9.17, 15) is 4.79 Å². The van der Waals surface area contributed by atoms with Gasteiger partial charge in [0.2, 0.25) is 0 Å². The third-order valence-electron chi connectivity index (χ3n) is 7.87. The Morgan fingerprint density at radius 1 is 0.707 bits per heavy atom. The third-order valence-corrected chi connectivity index (χ3v) is 12.8. The molecule has 0 aliphatic heterocycles. The second kappa shape index (κ2) is 14.7. The van der Waals surface area contributed by atoms with Crippen molar-refractivity contribution in [3.63, 3.8) is 0 Å². The number of hydrogen-bond donors (Lipinski definition) is 0. The van der Waals surface area contributed by atoms with Gasteiger partial charge >= 0.3 is 248 Å². The summed E-state index contributed by atoms with van der Waals surface area (Å²) < 4.78 is 23.4. The van der Waals surface area contributed by atoms with E-state index in [2.05, 4.69) is 39.8 Å². The molecule has 0 radical (unpaired) electrons. The van der Waals surface area contributed by atoms with Gasteiger partial charge in [0.15, 0.2) is 0 Å². The molecule has 224 valence electrons. The number of carbonyl (C=O) groups excluding carboxylic acids is 1. The quantitative estimate of drug-likeness (QED) is 0.169. The Morgan fingerprint density at radius 2 is 1.15 bits per heavy atom. The average molecular weight is 581 g/mol. The Hall–Kier alpha value is -3.04. The van der Waals surface area contributed by atoms with Crippen molar-refractivity contribution in [3.8, 4) is 23.0 Å². The van der Waals surface area contributed by atoms with E-state index in [0.717, 1.165) is 46.7 Å². The standard InChI is InChI=1S/C35H49O5P/c1-26(22-35(2,3)4)23-41(34(36)21-20-27-14-10-9-11-15-27,24-28-30(37-5)16-12-17-31(28)38-6)25-29-32(39-7)18-13-19-33(29)40-8/h9-19,26,41H,20-25H2,1-8H3. The molecule has 1 unspecified atom stereocenters. The first-order valence-corrected chi connectivity index (χ1v) is 17.1. The number of rotatable bonds is 15. The summed E-state index contributed by atoms with van der Waals surface area (Å²) in [5.41, 5.74) is 3.62. The number of ether oxygens (including phenoxy) is 4. The topological polar surface area (TPSA) is 54.0 Å². The Bertz CT molecular complexity index is 1160. The summed E-state index contributed by atoms with van der Waals surface area (Å²) in [5.74, 6) is 3.38. The fourth-order valence-electron chi connectivity index (χ4n) is 6.35. The molecule has 0 heterocycles. The molecule has 6 heteroatoms. The van der Waals surface area contributed by atoms with E-state index in [1.807, 2.05) is 54.6 Å². The SMILES string of the molecule is COc1cccc(OC)c1C[PH](Cc1c(OC)cccc1OC)(CC(C)CC(C)(C)C)C(=O)CCc1ccccc1. The van der Waals surface area contributed by atoms with Gasteiger partial charge in [-0.2, -0.15) is 0 Å². The fourth-order valence-corrected chi connectivity index (χ4v) is 11.6. The van der Waals surface area contributed by atoms with E-state index in [1.165, 1.54) is 5.56 Å². The van der Waals surface area contributed by atoms with Gasteiger partial charge in [0.05, 0.1) is 0 Å². The number of methoxy groups -OCH3 is 4. The minimum atomic E-state index is -2.85. The average Bonchev–Trinajstić information content (AvgIpc) is 2.95. The fraction of sp³-hybridized carbons (Fsp3) is 0.457. The molecule has 0 amide bonds. The second-order valence-corrected chi connectivity index (χ2v) is 16.6. The maximum atomic E-state index is 14.8. The summed E-state index contributed by atoms with van der Waals surface area (Å²) in [7, 11) is 3.89. The molecule has 3 aromatic carbocycles. The van der Waals surface area contributed by atoms with Gasteiger partial charge in [-0.15, -0.1) is 0 Å². The normalized spacial score (nSPS) is 12.9. The Balaban J connectivity index is 2.21. The van der Waals surface area contributed by atoms with Gasteiger partial charge in [-0.1, -0.05) is 0 Å². The van der Waals surface area contributed by atoms with E-state index in [1.54, 1.807) is 28.4 Å². The van der Waals surface area contributed by atoms with Gasteiger partial charge in [-0.25, -0.2) is 0 Å². The molecule has 1 atom stereocenters. The summed E-state index contributed by atoms with van der Waals surface area (Å²) >= 11 is 0. The molecule has 41 heavy (non-hydrogen) atoms. The molecule has 3 rings (SSSR count). The van der Waals surface area contributed by atoms with E-state index < -0.39 is 7.26 Å². The van der Waals surface area contributed by atoms with Crippen LogP contribution in [0.25, 0.3) is 0 Å². The van der Waals surface area contributed by atoms with Crippen LogP contribution in [0.3, 0.4) is 0 Å². The van der Waals surface area contributed by atoms with Crippen LogP contribution < -0.4 is 18.9 Å². The van der Waals surface area contributed by atoms with Crippen LogP contribution in [0.15, 0.2) is 66.7 Å². The van der Waals surface area contributed by atoms with Gasteiger partial charge < -0.3 is 0 Å². The first-order valence-electron chi connectivity index (χ1n) is 14.5. The Morgan fingerprint density at radius 3 is 1.54 bits per heavy atom. The number of hydrogen-bond acceptors (Lipinski definition) is 5. The molecule has 0 saturated heterocycles. The van der Waals surface area contributed by atoms with Crippen molar-refractivity contribution < 1.29 is 23.7 Å². The van der Waals surface area contributed by atoms with Crippen LogP contribution in [0.4, 0.5) is 0 Å². The predicted octanol–water partition coefficient (Wildman–Crippen LogP) is 8.40. The molecule has 0 aliphatic rings. The first kappa shape index (κ1) is 32.5. The van der Waals surface area contributed by atoms with Gasteiger partial charge in [0.25, 0.3) is 0 Å². The van der Waals surface area contributed by atoms with Crippen LogP contribution in [0.1, 0.15) is 57.2 Å². The van der Waals surface area contributed by atoms with Crippen LogP contribution >= 0.6 is 7.26 Å². The summed E-state index contributed by atoms with van der Waals surface area (Å²) in [6.07, 6.45) is 4.31. The van der Waals surface area contributed by atoms with E-state index in [-0.39, 0.29) is 5.41 Å². The molecule has 0 N–H and O–H groups in total. The van der Waals surface area contributed by atoms with Gasteiger partial charge in [-0.3, -0.25) is 0 Å². The molecule has 5 nitrogen and oxygen atoms in total. The van der Waals surface area contributed by atoms with Crippen LogP contribution in [-0.4, -0.2) is 40.1 Å². The van der Waals surface area contributed by atoms with Crippen LogP contribution in [0.2, 0.25) is 0 Å². The summed E-state index contributed by atoms with van der Waals surface area (Å²) in [5, 5.41) is 0. The van der Waals surface area contributed by atoms with Crippen molar-refractivity contribution in [2.24, 2.45) is 11.3 Å². The van der Waals surface area contributed by atoms with Crippen molar-refractivity contribution in [3.05, 3.63) is 83.4 Å². The van der Waals surface area contributed by atoms with Gasteiger partial charge in [0.1, 0.15) is 0 Å². The van der Waals surface area contributed by atoms with Crippen LogP contribution in [0.5, 0.6) is 23.0 Å². The number of benzene rings is 3. The van der Waals surface area contributed by atoms with Gasteiger partial charge in [0, 0.05) is 0 Å². The van der Waals surface area contributed by atoms with Crippen LogP contribution in [-0.2, 0) is 23.5 Å². The van der Waals surface area contributed by atoms with Crippen molar-refractivity contribution in [1.29, 1.82) is 0 Å². The molecule has 0 bridgehead atoms. The molecular formula is C35H49O5P. The summed E-state index contributed by atoms with van der Waals surface area (Å²) in [6, 6.07) is 22.0. The third kappa shape index (κ3) is 8.72.